The summed E-state index contributed by atoms with van der Waals surface area (Å²) in [7, 11) is 0. The van der Waals surface area contributed by atoms with Crippen LogP contribution in [0.25, 0.3) is 109 Å². The largest absolute Gasteiger partial charge is 0.208 e. The van der Waals surface area contributed by atoms with Crippen LogP contribution in [0.5, 0.6) is 0 Å². The maximum Gasteiger partial charge on any atom is 0.164 e. The van der Waals surface area contributed by atoms with Crippen LogP contribution in [-0.2, 0) is 0 Å². The number of thiophene rings is 1. The third-order valence-corrected chi connectivity index (χ3v) is 11.8. The molecule has 11 aromatic rings. The molecule has 2 aromatic heterocycles. The predicted molar refractivity (Wildman–Crippen MR) is 232 cm³/mol. The lowest BCUT2D eigenvalue weighted by molar-refractivity contribution is 1.07. The number of aromatic nitrogens is 3. The van der Waals surface area contributed by atoms with Crippen molar-refractivity contribution in [2.75, 3.05) is 0 Å². The molecule has 0 spiro atoms. The van der Waals surface area contributed by atoms with Gasteiger partial charge in [0.1, 0.15) is 0 Å². The molecule has 0 amide bonds. The van der Waals surface area contributed by atoms with Gasteiger partial charge in [-0.3, -0.25) is 0 Å². The van der Waals surface area contributed by atoms with Gasteiger partial charge in [0.2, 0.25) is 0 Å². The Labute approximate surface area is 321 Å². The van der Waals surface area contributed by atoms with Crippen LogP contribution in [0.3, 0.4) is 0 Å². The van der Waals surface area contributed by atoms with Crippen LogP contribution in [-0.4, -0.2) is 15.0 Å². The molecule has 0 unspecified atom stereocenters. The second-order valence-electron chi connectivity index (χ2n) is 14.0. The number of rotatable bonds is 5. The van der Waals surface area contributed by atoms with E-state index in [4.69, 9.17) is 15.0 Å². The van der Waals surface area contributed by atoms with Gasteiger partial charge in [0.15, 0.2) is 17.5 Å². The molecule has 4 heteroatoms. The fourth-order valence-electron chi connectivity index (χ4n) is 8.03. The first-order valence-electron chi connectivity index (χ1n) is 18.5. The van der Waals surface area contributed by atoms with Gasteiger partial charge in [-0.25, -0.2) is 15.0 Å². The molecule has 0 bridgehead atoms. The summed E-state index contributed by atoms with van der Waals surface area (Å²) in [6.07, 6.45) is 0. The minimum Gasteiger partial charge on any atom is -0.208 e. The summed E-state index contributed by atoms with van der Waals surface area (Å²) in [5.41, 5.74) is 7.46. The lowest BCUT2D eigenvalue weighted by Gasteiger charge is -2.16. The molecule has 0 saturated carbocycles. The second-order valence-corrected chi connectivity index (χ2v) is 15.1. The first-order valence-corrected chi connectivity index (χ1v) is 19.3. The van der Waals surface area contributed by atoms with E-state index in [1.54, 1.807) is 0 Å². The highest BCUT2D eigenvalue weighted by atomic mass is 32.1. The molecule has 55 heavy (non-hydrogen) atoms. The summed E-state index contributed by atoms with van der Waals surface area (Å²) in [5.74, 6) is 1.92. The van der Waals surface area contributed by atoms with E-state index in [9.17, 15) is 0 Å². The molecule has 0 N–H and O–H groups in total. The van der Waals surface area contributed by atoms with Crippen LogP contribution in [0, 0.1) is 0 Å². The standard InChI is InChI=1S/C51H31N3S/c1-3-14-32(15-4-1)49-52-50(33-16-5-2-6-17-33)54-51(53-49)40-28-38(27-39(29-40)47-41-22-11-9-20-36(41)26-37-21-10-12-23-42(37)47)43-24-13-25-44-45-30-34-18-7-8-19-35(34)31-46(45)55-48(43)44/h1-31H. The SMILES string of the molecule is c1ccc(-c2nc(-c3ccccc3)nc(-c3cc(-c4c5ccccc5cc5ccccc45)cc(-c4cccc5c4sc4cc6ccccc6cc45)c3)n2)cc1. The number of benzene rings is 9. The van der Waals surface area contributed by atoms with Crippen molar-refractivity contribution in [3.05, 3.63) is 188 Å². The molecule has 0 aliphatic rings. The molecule has 3 nitrogen and oxygen atoms in total. The maximum atomic E-state index is 5.20. The first-order chi connectivity index (χ1) is 27.2. The number of fused-ring (bicyclic) bond motifs is 6. The zero-order valence-electron chi connectivity index (χ0n) is 29.6. The molecule has 0 aliphatic carbocycles. The van der Waals surface area contributed by atoms with Gasteiger partial charge in [0.05, 0.1) is 0 Å². The number of hydrogen-bond acceptors (Lipinski definition) is 4. The van der Waals surface area contributed by atoms with Gasteiger partial charge in [-0.2, -0.15) is 0 Å². The summed E-state index contributed by atoms with van der Waals surface area (Å²) >= 11 is 1.86. The highest BCUT2D eigenvalue weighted by molar-refractivity contribution is 7.26. The molecule has 0 aliphatic heterocycles. The van der Waals surface area contributed by atoms with E-state index in [1.807, 2.05) is 47.7 Å². The van der Waals surface area contributed by atoms with E-state index in [2.05, 4.69) is 152 Å². The van der Waals surface area contributed by atoms with Crippen LogP contribution in [0.4, 0.5) is 0 Å². The molecule has 0 radical (unpaired) electrons. The summed E-state index contributed by atoms with van der Waals surface area (Å²) in [4.78, 5) is 15.4. The van der Waals surface area contributed by atoms with Crippen molar-refractivity contribution in [2.45, 2.75) is 0 Å². The van der Waals surface area contributed by atoms with Gasteiger partial charge in [-0.15, -0.1) is 11.3 Å². The smallest absolute Gasteiger partial charge is 0.164 e. The monoisotopic (exact) mass is 717 g/mol. The minimum absolute atomic E-state index is 0.634. The Morgan fingerprint density at radius 1 is 0.309 bits per heavy atom. The van der Waals surface area contributed by atoms with Gasteiger partial charge >= 0.3 is 0 Å². The third kappa shape index (κ3) is 5.46. The lowest BCUT2D eigenvalue weighted by Crippen LogP contribution is -2.00. The molecule has 9 aromatic carbocycles. The average molecular weight is 718 g/mol. The van der Waals surface area contributed by atoms with E-state index in [0.29, 0.717) is 17.5 Å². The summed E-state index contributed by atoms with van der Waals surface area (Å²) in [6, 6.07) is 67.0. The molecule has 0 fully saturated rings. The zero-order chi connectivity index (χ0) is 36.3. The van der Waals surface area contributed by atoms with E-state index in [-0.39, 0.29) is 0 Å². The Morgan fingerprint density at radius 2 is 0.800 bits per heavy atom. The van der Waals surface area contributed by atoms with Crippen LogP contribution in [0.2, 0.25) is 0 Å². The van der Waals surface area contributed by atoms with Crippen molar-refractivity contribution in [3.63, 3.8) is 0 Å². The van der Waals surface area contributed by atoms with E-state index >= 15 is 0 Å². The van der Waals surface area contributed by atoms with Gasteiger partial charge in [-0.1, -0.05) is 152 Å². The Morgan fingerprint density at radius 3 is 1.44 bits per heavy atom. The highest BCUT2D eigenvalue weighted by Gasteiger charge is 2.19. The molecule has 2 heterocycles. The van der Waals surface area contributed by atoms with E-state index in [0.717, 1.165) is 27.8 Å². The lowest BCUT2D eigenvalue weighted by atomic mass is 9.89. The third-order valence-electron chi connectivity index (χ3n) is 10.6. The van der Waals surface area contributed by atoms with Crippen molar-refractivity contribution in [3.8, 4) is 56.4 Å². The molecular formula is C51H31N3S. The Kier molecular flexibility index (Phi) is 7.35. The van der Waals surface area contributed by atoms with Crippen molar-refractivity contribution < 1.29 is 0 Å². The Hall–Kier alpha value is -7.01. The van der Waals surface area contributed by atoms with Crippen molar-refractivity contribution in [1.82, 2.24) is 15.0 Å². The van der Waals surface area contributed by atoms with Crippen LogP contribution in [0.15, 0.2) is 188 Å². The second kappa shape index (κ2) is 12.8. The van der Waals surface area contributed by atoms with Crippen molar-refractivity contribution >= 4 is 63.8 Å². The molecule has 256 valence electrons. The fourth-order valence-corrected chi connectivity index (χ4v) is 9.30. The van der Waals surface area contributed by atoms with Gasteiger partial charge in [0.25, 0.3) is 0 Å². The average Bonchev–Trinajstić information content (AvgIpc) is 3.62. The molecule has 11 rings (SSSR count). The van der Waals surface area contributed by atoms with Crippen molar-refractivity contribution in [2.24, 2.45) is 0 Å². The predicted octanol–water partition coefficient (Wildman–Crippen LogP) is 14.0. The summed E-state index contributed by atoms with van der Waals surface area (Å²) in [6.45, 7) is 0. The van der Waals surface area contributed by atoms with Gasteiger partial charge < -0.3 is 0 Å². The fraction of sp³-hybridized carbons (Fsp3) is 0. The minimum atomic E-state index is 0.634. The first kappa shape index (κ1) is 31.5. The highest BCUT2D eigenvalue weighted by Crippen LogP contribution is 2.45. The Balaban J connectivity index is 1.22. The molecular weight excluding hydrogens is 687 g/mol. The maximum absolute atomic E-state index is 5.20. The van der Waals surface area contributed by atoms with Crippen LogP contribution in [0.1, 0.15) is 0 Å². The van der Waals surface area contributed by atoms with Crippen molar-refractivity contribution in [1.29, 1.82) is 0 Å². The normalized spacial score (nSPS) is 11.6. The summed E-state index contributed by atoms with van der Waals surface area (Å²) < 4.78 is 2.55. The zero-order valence-corrected chi connectivity index (χ0v) is 30.5. The number of hydrogen-bond donors (Lipinski definition) is 0. The van der Waals surface area contributed by atoms with Gasteiger partial charge in [0, 0.05) is 36.9 Å². The van der Waals surface area contributed by atoms with Crippen LogP contribution >= 0.6 is 11.3 Å². The van der Waals surface area contributed by atoms with Crippen LogP contribution < -0.4 is 0 Å². The van der Waals surface area contributed by atoms with Gasteiger partial charge in [-0.05, 0) is 91.0 Å². The quantitative estimate of drug-likeness (QED) is 0.166. The number of nitrogens with zero attached hydrogens (tertiary/aromatic N) is 3. The molecule has 0 saturated heterocycles. The summed E-state index contributed by atoms with van der Waals surface area (Å²) in [5, 5.41) is 9.90. The van der Waals surface area contributed by atoms with E-state index < -0.39 is 0 Å². The van der Waals surface area contributed by atoms with E-state index in [1.165, 1.54) is 63.6 Å². The molecule has 0 atom stereocenters. The topological polar surface area (TPSA) is 38.7 Å². The Bertz CT molecular complexity index is 3150.